The Kier molecular flexibility index (Phi) is 72.3. The van der Waals surface area contributed by atoms with Crippen LogP contribution in [0.4, 0.5) is 0 Å². The zero-order chi connectivity index (χ0) is 60.6. The minimum atomic E-state index is -0.844. The molecule has 0 spiro atoms. The summed E-state index contributed by atoms with van der Waals surface area (Å²) >= 11 is 0. The number of carbonyl (C=O) groups is 2. The van der Waals surface area contributed by atoms with Crippen LogP contribution in [-0.4, -0.2) is 47.4 Å². The normalized spacial score (nSPS) is 12.6. The van der Waals surface area contributed by atoms with Crippen molar-refractivity contribution in [2.75, 3.05) is 13.2 Å². The summed E-state index contributed by atoms with van der Waals surface area (Å²) < 4.78 is 5.52. The maximum Gasteiger partial charge on any atom is 0.305 e. The van der Waals surface area contributed by atoms with Crippen LogP contribution in [0.2, 0.25) is 0 Å². The highest BCUT2D eigenvalue weighted by atomic mass is 16.5. The van der Waals surface area contributed by atoms with Gasteiger partial charge in [0.25, 0.3) is 0 Å². The molecule has 0 aromatic carbocycles. The quantitative estimate of drug-likeness (QED) is 0.0320. The Morgan fingerprint density at radius 2 is 0.560 bits per heavy atom. The van der Waals surface area contributed by atoms with Gasteiger partial charge in [0.1, 0.15) is 0 Å². The fraction of sp³-hybridized carbons (Fsp3) is 0.923. The Balaban J connectivity index is 3.37. The van der Waals surface area contributed by atoms with Gasteiger partial charge in [0.2, 0.25) is 5.91 Å². The molecule has 0 bridgehead atoms. The molecule has 3 N–H and O–H groups in total. The SMILES string of the molecule is CCCCCCCC/C=C\CCCCCCCCCCCC(=O)OCCCCCCCCCCCCCCCCCCCCCCCCCCCCC(=O)NC(CO)C(O)/C=C/CCCCCCCCCCCCCCCCCCCCCC. The second-order valence-corrected chi connectivity index (χ2v) is 26.7. The van der Waals surface area contributed by atoms with E-state index in [1.54, 1.807) is 6.08 Å². The first-order valence-electron chi connectivity index (χ1n) is 38.6. The number of ether oxygens (including phenoxy) is 1. The lowest BCUT2D eigenvalue weighted by molar-refractivity contribution is -0.143. The average Bonchev–Trinajstić information content (AvgIpc) is 3.51. The molecule has 0 fully saturated rings. The lowest BCUT2D eigenvalue weighted by Gasteiger charge is -2.20. The van der Waals surface area contributed by atoms with Crippen LogP contribution in [-0.2, 0) is 14.3 Å². The Hall–Kier alpha value is -1.66. The first kappa shape index (κ1) is 82.3. The molecule has 498 valence electrons. The van der Waals surface area contributed by atoms with Crippen molar-refractivity contribution in [1.29, 1.82) is 0 Å². The standard InChI is InChI=1S/C78H151NO5/c1-3-5-7-9-11-13-15-17-19-21-23-24-31-35-38-42-46-50-54-58-62-66-70-76(81)75(74-80)79-77(82)71-67-63-59-55-51-47-43-39-36-32-29-27-25-26-28-30-33-37-41-45-49-53-57-61-65-69-73-84-78(83)72-68-64-60-56-52-48-44-40-34-22-20-18-16-14-12-10-8-6-4-2/h18,20,66,70,75-76,80-81H,3-17,19,21-65,67-69,71-74H2,1-2H3,(H,79,82)/b20-18-,70-66+. The van der Waals surface area contributed by atoms with Crippen molar-refractivity contribution in [3.8, 4) is 0 Å². The molecule has 84 heavy (non-hydrogen) atoms. The molecule has 6 heteroatoms. The molecule has 1 amide bonds. The molecule has 0 heterocycles. The number of amides is 1. The predicted octanol–water partition coefficient (Wildman–Crippen LogP) is 25.3. The van der Waals surface area contributed by atoms with Crippen LogP contribution >= 0.6 is 0 Å². The van der Waals surface area contributed by atoms with E-state index in [9.17, 15) is 19.8 Å². The third-order valence-electron chi connectivity index (χ3n) is 18.2. The molecule has 0 aliphatic heterocycles. The average molecular weight is 1180 g/mol. The molecule has 0 radical (unpaired) electrons. The van der Waals surface area contributed by atoms with E-state index in [4.69, 9.17) is 4.74 Å². The van der Waals surface area contributed by atoms with Crippen LogP contribution in [0.1, 0.15) is 438 Å². The first-order chi connectivity index (χ1) is 41.5. The molecule has 6 nitrogen and oxygen atoms in total. The Morgan fingerprint density at radius 3 is 0.845 bits per heavy atom. The van der Waals surface area contributed by atoms with Crippen molar-refractivity contribution in [3.63, 3.8) is 0 Å². The highest BCUT2D eigenvalue weighted by Gasteiger charge is 2.18. The smallest absolute Gasteiger partial charge is 0.305 e. The third kappa shape index (κ3) is 69.4. The maximum absolute atomic E-state index is 12.5. The number of aliphatic hydroxyl groups excluding tert-OH is 2. The largest absolute Gasteiger partial charge is 0.466 e. The van der Waals surface area contributed by atoms with E-state index in [0.717, 1.165) is 38.5 Å². The van der Waals surface area contributed by atoms with E-state index in [0.29, 0.717) is 19.4 Å². The third-order valence-corrected chi connectivity index (χ3v) is 18.2. The number of allylic oxidation sites excluding steroid dienone is 3. The van der Waals surface area contributed by atoms with E-state index in [2.05, 4.69) is 31.3 Å². The van der Waals surface area contributed by atoms with Gasteiger partial charge in [-0.1, -0.05) is 391 Å². The van der Waals surface area contributed by atoms with Crippen LogP contribution in [0.25, 0.3) is 0 Å². The van der Waals surface area contributed by atoms with E-state index < -0.39 is 12.1 Å². The highest BCUT2D eigenvalue weighted by molar-refractivity contribution is 5.76. The van der Waals surface area contributed by atoms with Crippen LogP contribution in [0, 0.1) is 0 Å². The number of aliphatic hydroxyl groups is 2. The fourth-order valence-corrected chi connectivity index (χ4v) is 12.3. The van der Waals surface area contributed by atoms with Gasteiger partial charge in [-0.15, -0.1) is 0 Å². The van der Waals surface area contributed by atoms with Gasteiger partial charge < -0.3 is 20.3 Å². The second kappa shape index (κ2) is 73.8. The molecule has 0 saturated heterocycles. The van der Waals surface area contributed by atoms with Crippen molar-refractivity contribution in [2.24, 2.45) is 0 Å². The maximum atomic E-state index is 12.5. The van der Waals surface area contributed by atoms with Crippen LogP contribution in [0.3, 0.4) is 0 Å². The lowest BCUT2D eigenvalue weighted by atomic mass is 10.0. The summed E-state index contributed by atoms with van der Waals surface area (Å²) in [5.74, 6) is -0.0433. The van der Waals surface area contributed by atoms with Crippen LogP contribution in [0.5, 0.6) is 0 Å². The molecule has 0 aromatic heterocycles. The Morgan fingerprint density at radius 1 is 0.321 bits per heavy atom. The van der Waals surface area contributed by atoms with Crippen molar-refractivity contribution < 1.29 is 24.5 Å². The van der Waals surface area contributed by atoms with Gasteiger partial charge in [-0.2, -0.15) is 0 Å². The monoisotopic (exact) mass is 1180 g/mol. The van der Waals surface area contributed by atoms with Gasteiger partial charge >= 0.3 is 5.97 Å². The first-order valence-corrected chi connectivity index (χ1v) is 38.6. The molecule has 0 aliphatic carbocycles. The molecule has 0 aliphatic rings. The van der Waals surface area contributed by atoms with Gasteiger partial charge in [0, 0.05) is 12.8 Å². The van der Waals surface area contributed by atoms with Gasteiger partial charge in [-0.05, 0) is 57.8 Å². The number of hydrogen-bond donors (Lipinski definition) is 3. The summed E-state index contributed by atoms with van der Waals surface area (Å²) in [6.07, 6.45) is 94.2. The van der Waals surface area contributed by atoms with Crippen molar-refractivity contribution in [1.82, 2.24) is 5.32 Å². The predicted molar refractivity (Wildman–Crippen MR) is 370 cm³/mol. The van der Waals surface area contributed by atoms with E-state index in [1.807, 2.05) is 6.08 Å². The Labute approximate surface area is 526 Å². The summed E-state index contributed by atoms with van der Waals surface area (Å²) in [4.78, 5) is 24.7. The van der Waals surface area contributed by atoms with Crippen molar-refractivity contribution in [3.05, 3.63) is 24.3 Å². The number of esters is 1. The van der Waals surface area contributed by atoms with Gasteiger partial charge in [0.15, 0.2) is 0 Å². The van der Waals surface area contributed by atoms with Gasteiger partial charge in [0.05, 0.1) is 25.4 Å². The van der Waals surface area contributed by atoms with Crippen LogP contribution in [0.15, 0.2) is 24.3 Å². The molecular formula is C78H151NO5. The fourth-order valence-electron chi connectivity index (χ4n) is 12.3. The lowest BCUT2D eigenvalue weighted by Crippen LogP contribution is -2.45. The second-order valence-electron chi connectivity index (χ2n) is 26.7. The van der Waals surface area contributed by atoms with Crippen molar-refractivity contribution in [2.45, 2.75) is 450 Å². The number of rotatable bonds is 73. The Bertz CT molecular complexity index is 1320. The summed E-state index contributed by atoms with van der Waals surface area (Å²) in [6.45, 7) is 4.95. The number of nitrogens with one attached hydrogen (secondary N) is 1. The van der Waals surface area contributed by atoms with Gasteiger partial charge in [-0.3, -0.25) is 9.59 Å². The van der Waals surface area contributed by atoms with E-state index in [1.165, 1.54) is 372 Å². The zero-order valence-corrected chi connectivity index (χ0v) is 57.2. The summed E-state index contributed by atoms with van der Waals surface area (Å²) in [5.41, 5.74) is 0. The minimum Gasteiger partial charge on any atom is -0.466 e. The van der Waals surface area contributed by atoms with E-state index in [-0.39, 0.29) is 18.5 Å². The number of unbranched alkanes of at least 4 members (excludes halogenated alkanes) is 60. The molecule has 0 rings (SSSR count). The summed E-state index contributed by atoms with van der Waals surface area (Å²) in [6, 6.07) is -0.627. The number of carbonyl (C=O) groups excluding carboxylic acids is 2. The van der Waals surface area contributed by atoms with Crippen LogP contribution < -0.4 is 5.32 Å². The number of hydrogen-bond acceptors (Lipinski definition) is 5. The summed E-state index contributed by atoms with van der Waals surface area (Å²) in [7, 11) is 0. The molecular weight excluding hydrogens is 1030 g/mol. The van der Waals surface area contributed by atoms with E-state index >= 15 is 0 Å². The zero-order valence-electron chi connectivity index (χ0n) is 57.2. The summed E-state index contributed by atoms with van der Waals surface area (Å²) in [5, 5.41) is 23.3. The molecule has 0 saturated carbocycles. The molecule has 0 aromatic rings. The molecule has 2 unspecified atom stereocenters. The molecule has 2 atom stereocenters. The topological polar surface area (TPSA) is 95.9 Å². The minimum absolute atomic E-state index is 0.0176. The highest BCUT2D eigenvalue weighted by Crippen LogP contribution is 2.20. The van der Waals surface area contributed by atoms with Gasteiger partial charge in [-0.25, -0.2) is 0 Å². The van der Waals surface area contributed by atoms with Crippen molar-refractivity contribution >= 4 is 11.9 Å².